The molecule has 0 radical (unpaired) electrons. The van der Waals surface area contributed by atoms with Crippen molar-refractivity contribution in [2.75, 3.05) is 13.2 Å². The second-order valence-corrected chi connectivity index (χ2v) is 10.3. The number of esters is 2. The lowest BCUT2D eigenvalue weighted by Crippen LogP contribution is -2.56. The van der Waals surface area contributed by atoms with E-state index in [1.807, 2.05) is 48.5 Å². The zero-order valence-corrected chi connectivity index (χ0v) is 23.7. The zero-order valence-electron chi connectivity index (χ0n) is 23.7. The molecule has 0 bridgehead atoms. The van der Waals surface area contributed by atoms with Crippen LogP contribution in [0.25, 0.3) is 21.5 Å². The van der Waals surface area contributed by atoms with Crippen molar-refractivity contribution >= 4 is 33.5 Å². The Kier molecular flexibility index (Phi) is 8.83. The summed E-state index contributed by atoms with van der Waals surface area (Å²) < 4.78 is 12.2. The Morgan fingerprint density at radius 2 is 1.00 bits per heavy atom. The van der Waals surface area contributed by atoms with Crippen molar-refractivity contribution in [3.05, 3.63) is 128 Å². The first-order chi connectivity index (χ1) is 21.1. The van der Waals surface area contributed by atoms with E-state index in [0.29, 0.717) is 13.7 Å². The molecule has 0 saturated heterocycles. The van der Waals surface area contributed by atoms with E-state index in [0.717, 1.165) is 28.6 Å². The Hall–Kier alpha value is -5.33. The summed E-state index contributed by atoms with van der Waals surface area (Å²) in [5.74, 6) is -1.41. The second kappa shape index (κ2) is 12.9. The number of rotatable bonds is 10. The second-order valence-electron chi connectivity index (χ2n) is 10.3. The molecule has 1 aromatic heterocycles. The van der Waals surface area contributed by atoms with Crippen molar-refractivity contribution < 1.29 is 29.3 Å². The van der Waals surface area contributed by atoms with Gasteiger partial charge in [0.25, 0.3) is 0 Å². The molecule has 0 aliphatic heterocycles. The fourth-order valence-corrected chi connectivity index (χ4v) is 4.74. The summed E-state index contributed by atoms with van der Waals surface area (Å²) in [5.41, 5.74) is -2.60. The maximum absolute atomic E-state index is 13.1. The number of hydrogen-bond donors (Lipinski definition) is 2. The standard InChI is InChI=1S/C32H29N3O9/c1-33-30(40)34(16-26(36)18-43-28(38)24-12-10-20-6-2-4-8-22(20)14-24)32(42)35(31(33)41)17-27(37)19-44-29(39)25-13-11-21-7-3-5-9-23(21)15-25/h2-15,26-27,36-37H,16-19H2,1H3. The summed E-state index contributed by atoms with van der Waals surface area (Å²) in [6.45, 7) is -2.25. The van der Waals surface area contributed by atoms with Crippen LogP contribution in [0.5, 0.6) is 0 Å². The largest absolute Gasteiger partial charge is 0.459 e. The Morgan fingerprint density at radius 3 is 1.41 bits per heavy atom. The Bertz CT molecular complexity index is 1900. The van der Waals surface area contributed by atoms with Gasteiger partial charge in [0, 0.05) is 7.05 Å². The van der Waals surface area contributed by atoms with Crippen LogP contribution >= 0.6 is 0 Å². The molecule has 5 aromatic rings. The van der Waals surface area contributed by atoms with Gasteiger partial charge in [-0.25, -0.2) is 37.7 Å². The first-order valence-electron chi connectivity index (χ1n) is 13.7. The number of nitrogens with zero attached hydrogens (tertiary/aromatic N) is 3. The van der Waals surface area contributed by atoms with E-state index < -0.39 is 67.5 Å². The summed E-state index contributed by atoms with van der Waals surface area (Å²) in [4.78, 5) is 63.5. The van der Waals surface area contributed by atoms with Gasteiger partial charge in [-0.1, -0.05) is 60.7 Å². The molecule has 12 heteroatoms. The van der Waals surface area contributed by atoms with Crippen LogP contribution in [-0.4, -0.2) is 61.3 Å². The molecule has 12 nitrogen and oxygen atoms in total. The maximum atomic E-state index is 13.1. The van der Waals surface area contributed by atoms with Gasteiger partial charge in [-0.3, -0.25) is 0 Å². The highest BCUT2D eigenvalue weighted by atomic mass is 16.5. The molecule has 0 aliphatic rings. The monoisotopic (exact) mass is 599 g/mol. The van der Waals surface area contributed by atoms with Gasteiger partial charge >= 0.3 is 29.0 Å². The van der Waals surface area contributed by atoms with Gasteiger partial charge in [-0.2, -0.15) is 0 Å². The molecule has 0 fully saturated rings. The van der Waals surface area contributed by atoms with Crippen molar-refractivity contribution in [3.8, 4) is 0 Å². The van der Waals surface area contributed by atoms with Gasteiger partial charge in [-0.05, 0) is 45.8 Å². The van der Waals surface area contributed by atoms with Crippen molar-refractivity contribution in [2.24, 2.45) is 7.05 Å². The van der Waals surface area contributed by atoms with Crippen LogP contribution in [0.1, 0.15) is 20.7 Å². The van der Waals surface area contributed by atoms with E-state index in [1.54, 1.807) is 36.4 Å². The highest BCUT2D eigenvalue weighted by molar-refractivity contribution is 5.96. The van der Waals surface area contributed by atoms with Crippen LogP contribution in [0.4, 0.5) is 0 Å². The average Bonchev–Trinajstić information content (AvgIpc) is 3.05. The molecule has 0 saturated carbocycles. The number of hydrogen-bond acceptors (Lipinski definition) is 9. The number of aliphatic hydroxyl groups is 2. The minimum atomic E-state index is -1.47. The molecule has 1 heterocycles. The predicted molar refractivity (Wildman–Crippen MR) is 161 cm³/mol. The number of aliphatic hydroxyl groups excluding tert-OH is 2. The molecular formula is C32H29N3O9. The van der Waals surface area contributed by atoms with Gasteiger partial charge in [0.05, 0.1) is 24.2 Å². The van der Waals surface area contributed by atoms with Crippen LogP contribution in [0.15, 0.2) is 99.3 Å². The van der Waals surface area contributed by atoms with Gasteiger partial charge in [-0.15, -0.1) is 0 Å². The number of ether oxygens (including phenoxy) is 2. The molecule has 0 aliphatic carbocycles. The van der Waals surface area contributed by atoms with Crippen molar-refractivity contribution in [1.82, 2.24) is 13.7 Å². The van der Waals surface area contributed by atoms with Gasteiger partial charge in [0.2, 0.25) is 0 Å². The SMILES string of the molecule is Cn1c(=O)n(CC(O)COC(=O)c2ccc3ccccc3c2)c(=O)n(CC(O)COC(=O)c2ccc3ccccc3c2)c1=O. The smallest absolute Gasteiger partial charge is 0.338 e. The van der Waals surface area contributed by atoms with Gasteiger partial charge in [0.1, 0.15) is 25.4 Å². The molecule has 2 N–H and O–H groups in total. The van der Waals surface area contributed by atoms with Crippen LogP contribution in [0.2, 0.25) is 0 Å². The van der Waals surface area contributed by atoms with E-state index in [9.17, 15) is 34.2 Å². The summed E-state index contributed by atoms with van der Waals surface area (Å²) >= 11 is 0. The number of benzene rings is 4. The predicted octanol–water partition coefficient (Wildman–Crippen LogP) is 1.45. The van der Waals surface area contributed by atoms with Crippen molar-refractivity contribution in [3.63, 3.8) is 0 Å². The third kappa shape index (κ3) is 6.51. The van der Waals surface area contributed by atoms with Crippen LogP contribution < -0.4 is 17.1 Å². The summed E-state index contributed by atoms with van der Waals surface area (Å²) in [7, 11) is 1.13. The lowest BCUT2D eigenvalue weighted by molar-refractivity contribution is 0.0189. The minimum Gasteiger partial charge on any atom is -0.459 e. The lowest BCUT2D eigenvalue weighted by atomic mass is 10.1. The fraction of sp³-hybridized carbons (Fsp3) is 0.219. The average molecular weight is 600 g/mol. The molecule has 2 atom stereocenters. The minimum absolute atomic E-state index is 0.257. The Balaban J connectivity index is 1.23. The number of aromatic nitrogens is 3. The molecular weight excluding hydrogens is 570 g/mol. The number of carbonyl (C=O) groups excluding carboxylic acids is 2. The third-order valence-electron chi connectivity index (χ3n) is 7.07. The van der Waals surface area contributed by atoms with Crippen molar-refractivity contribution in [2.45, 2.75) is 25.3 Å². The summed E-state index contributed by atoms with van der Waals surface area (Å²) in [6, 6.07) is 24.8. The summed E-state index contributed by atoms with van der Waals surface area (Å²) in [6.07, 6.45) is -2.94. The molecule has 4 aromatic carbocycles. The van der Waals surface area contributed by atoms with E-state index in [1.165, 1.54) is 0 Å². The summed E-state index contributed by atoms with van der Waals surface area (Å²) in [5, 5.41) is 24.5. The molecule has 0 amide bonds. The highest BCUT2D eigenvalue weighted by Crippen LogP contribution is 2.17. The van der Waals surface area contributed by atoms with Crippen molar-refractivity contribution in [1.29, 1.82) is 0 Å². The molecule has 2 unspecified atom stereocenters. The molecule has 5 rings (SSSR count). The normalized spacial score (nSPS) is 12.6. The molecule has 0 spiro atoms. The Labute approximate surface area is 249 Å². The first-order valence-corrected chi connectivity index (χ1v) is 13.7. The van der Waals surface area contributed by atoms with Crippen LogP contribution in [0, 0.1) is 0 Å². The lowest BCUT2D eigenvalue weighted by Gasteiger charge is -2.17. The molecule has 226 valence electrons. The fourth-order valence-electron chi connectivity index (χ4n) is 4.74. The Morgan fingerprint density at radius 1 is 0.614 bits per heavy atom. The van der Waals surface area contributed by atoms with Gasteiger partial charge in [0.15, 0.2) is 0 Å². The van der Waals surface area contributed by atoms with E-state index in [2.05, 4.69) is 0 Å². The van der Waals surface area contributed by atoms with E-state index in [-0.39, 0.29) is 11.1 Å². The van der Waals surface area contributed by atoms with Crippen LogP contribution in [-0.2, 0) is 29.6 Å². The third-order valence-corrected chi connectivity index (χ3v) is 7.07. The highest BCUT2D eigenvalue weighted by Gasteiger charge is 2.20. The zero-order chi connectivity index (χ0) is 31.4. The molecule has 44 heavy (non-hydrogen) atoms. The topological polar surface area (TPSA) is 159 Å². The maximum Gasteiger partial charge on any atom is 0.338 e. The van der Waals surface area contributed by atoms with Crippen LogP contribution in [0.3, 0.4) is 0 Å². The van der Waals surface area contributed by atoms with Gasteiger partial charge < -0.3 is 19.7 Å². The first kappa shape index (κ1) is 30.1. The quantitative estimate of drug-likeness (QED) is 0.227. The van der Waals surface area contributed by atoms with E-state index >= 15 is 0 Å². The van der Waals surface area contributed by atoms with E-state index in [4.69, 9.17) is 9.47 Å². The number of carbonyl (C=O) groups is 2. The number of fused-ring (bicyclic) bond motifs is 2.